The molecule has 0 bridgehead atoms. The largest absolute Gasteiger partial charge is 0.481 e. The molecule has 0 aromatic heterocycles. The zero-order valence-electron chi connectivity index (χ0n) is 11.7. The van der Waals surface area contributed by atoms with E-state index in [1.165, 1.54) is 13.0 Å². The van der Waals surface area contributed by atoms with E-state index in [0.29, 0.717) is 6.04 Å². The van der Waals surface area contributed by atoms with Crippen LogP contribution in [0.2, 0.25) is 0 Å². The molecule has 0 amide bonds. The third-order valence-electron chi connectivity index (χ3n) is 4.82. The Labute approximate surface area is 110 Å². The van der Waals surface area contributed by atoms with E-state index in [4.69, 9.17) is 0 Å². The van der Waals surface area contributed by atoms with Crippen molar-refractivity contribution in [2.45, 2.75) is 45.1 Å². The van der Waals surface area contributed by atoms with Crippen LogP contribution in [0.25, 0.3) is 0 Å². The van der Waals surface area contributed by atoms with E-state index in [1.807, 2.05) is 0 Å². The number of carboxylic acid groups (broad SMARTS) is 1. The van der Waals surface area contributed by atoms with Gasteiger partial charge in [-0.3, -0.25) is 9.69 Å². The van der Waals surface area contributed by atoms with Gasteiger partial charge in [0.25, 0.3) is 0 Å². The van der Waals surface area contributed by atoms with Crippen LogP contribution in [-0.2, 0) is 4.79 Å². The first-order chi connectivity index (χ1) is 8.57. The topological polar surface area (TPSA) is 43.8 Å². The van der Waals surface area contributed by atoms with Gasteiger partial charge in [0, 0.05) is 12.6 Å². The van der Waals surface area contributed by atoms with Gasteiger partial charge in [0.2, 0.25) is 0 Å². The molecule has 0 aromatic carbocycles. The molecule has 2 rings (SSSR count). The SMILES string of the molecule is CCCC1(C(=O)O)CCN(C2CCN(C)C2)CC1. The first kappa shape index (κ1) is 13.8. The molecule has 2 aliphatic heterocycles. The summed E-state index contributed by atoms with van der Waals surface area (Å²) in [6.45, 7) is 6.34. The molecule has 1 unspecified atom stereocenters. The number of piperidine rings is 1. The quantitative estimate of drug-likeness (QED) is 0.828. The standard InChI is InChI=1S/C14H26N2O2/c1-3-5-14(13(17)18)6-9-16(10-7-14)12-4-8-15(2)11-12/h12H,3-11H2,1-2H3,(H,17,18). The maximum atomic E-state index is 11.5. The van der Waals surface area contributed by atoms with Gasteiger partial charge >= 0.3 is 5.97 Å². The van der Waals surface area contributed by atoms with Crippen LogP contribution in [0.4, 0.5) is 0 Å². The van der Waals surface area contributed by atoms with E-state index in [0.717, 1.165) is 45.3 Å². The third kappa shape index (κ3) is 2.69. The first-order valence-corrected chi connectivity index (χ1v) is 7.23. The highest BCUT2D eigenvalue weighted by Gasteiger charge is 2.42. The fourth-order valence-corrected chi connectivity index (χ4v) is 3.58. The third-order valence-corrected chi connectivity index (χ3v) is 4.82. The summed E-state index contributed by atoms with van der Waals surface area (Å²) in [7, 11) is 2.17. The van der Waals surface area contributed by atoms with Crippen LogP contribution in [0.15, 0.2) is 0 Å². The summed E-state index contributed by atoms with van der Waals surface area (Å²) >= 11 is 0. The Morgan fingerprint density at radius 1 is 1.33 bits per heavy atom. The van der Waals surface area contributed by atoms with E-state index < -0.39 is 11.4 Å². The molecule has 0 spiro atoms. The second-order valence-corrected chi connectivity index (χ2v) is 6.08. The minimum Gasteiger partial charge on any atom is -0.481 e. The van der Waals surface area contributed by atoms with Crippen molar-refractivity contribution < 1.29 is 9.90 Å². The molecule has 2 heterocycles. The lowest BCUT2D eigenvalue weighted by molar-refractivity contribution is -0.153. The molecule has 1 atom stereocenters. The smallest absolute Gasteiger partial charge is 0.309 e. The Kier molecular flexibility index (Phi) is 4.28. The van der Waals surface area contributed by atoms with Gasteiger partial charge in [-0.2, -0.15) is 0 Å². The van der Waals surface area contributed by atoms with Crippen LogP contribution >= 0.6 is 0 Å². The van der Waals surface area contributed by atoms with Crippen molar-refractivity contribution in [2.24, 2.45) is 5.41 Å². The summed E-state index contributed by atoms with van der Waals surface area (Å²) in [6.07, 6.45) is 4.70. The van der Waals surface area contributed by atoms with E-state index in [-0.39, 0.29) is 0 Å². The maximum absolute atomic E-state index is 11.5. The second-order valence-electron chi connectivity index (χ2n) is 6.08. The molecule has 0 aromatic rings. The maximum Gasteiger partial charge on any atom is 0.309 e. The summed E-state index contributed by atoms with van der Waals surface area (Å²) in [5.74, 6) is -0.576. The molecule has 2 fully saturated rings. The molecule has 1 N–H and O–H groups in total. The zero-order valence-corrected chi connectivity index (χ0v) is 11.7. The average molecular weight is 254 g/mol. The van der Waals surface area contributed by atoms with Gasteiger partial charge in [0.05, 0.1) is 5.41 Å². The average Bonchev–Trinajstić information content (AvgIpc) is 2.77. The van der Waals surface area contributed by atoms with Gasteiger partial charge in [-0.05, 0) is 52.4 Å². The first-order valence-electron chi connectivity index (χ1n) is 7.23. The number of carbonyl (C=O) groups is 1. The Morgan fingerprint density at radius 2 is 2.00 bits per heavy atom. The molecule has 0 radical (unpaired) electrons. The van der Waals surface area contributed by atoms with Gasteiger partial charge in [-0.1, -0.05) is 13.3 Å². The van der Waals surface area contributed by atoms with Crippen molar-refractivity contribution in [3.05, 3.63) is 0 Å². The Hall–Kier alpha value is -0.610. The fourth-order valence-electron chi connectivity index (χ4n) is 3.58. The molecule has 2 aliphatic rings. The van der Waals surface area contributed by atoms with E-state index in [2.05, 4.69) is 23.8 Å². The highest BCUT2D eigenvalue weighted by atomic mass is 16.4. The van der Waals surface area contributed by atoms with Crippen molar-refractivity contribution in [3.8, 4) is 0 Å². The number of carboxylic acids is 1. The van der Waals surface area contributed by atoms with Crippen molar-refractivity contribution in [1.82, 2.24) is 9.80 Å². The predicted octanol–water partition coefficient (Wildman–Crippen LogP) is 1.66. The van der Waals surface area contributed by atoms with Crippen LogP contribution in [0.1, 0.15) is 39.0 Å². The second kappa shape index (κ2) is 5.57. The molecule has 0 aliphatic carbocycles. The summed E-state index contributed by atoms with van der Waals surface area (Å²) < 4.78 is 0. The lowest BCUT2D eigenvalue weighted by atomic mass is 9.74. The molecule has 4 heteroatoms. The molecule has 2 saturated heterocycles. The van der Waals surface area contributed by atoms with Gasteiger partial charge in [-0.15, -0.1) is 0 Å². The van der Waals surface area contributed by atoms with Crippen molar-refractivity contribution >= 4 is 5.97 Å². The van der Waals surface area contributed by atoms with E-state index >= 15 is 0 Å². The van der Waals surface area contributed by atoms with Crippen LogP contribution in [0.5, 0.6) is 0 Å². The zero-order chi connectivity index (χ0) is 13.2. The minimum atomic E-state index is -0.576. The molecule has 4 nitrogen and oxygen atoms in total. The normalized spacial score (nSPS) is 29.6. The number of likely N-dealkylation sites (tertiary alicyclic amines) is 2. The molecule has 104 valence electrons. The van der Waals surface area contributed by atoms with Crippen molar-refractivity contribution in [1.29, 1.82) is 0 Å². The van der Waals surface area contributed by atoms with Crippen LogP contribution in [0.3, 0.4) is 0 Å². The van der Waals surface area contributed by atoms with Gasteiger partial charge < -0.3 is 10.0 Å². The summed E-state index contributed by atoms with van der Waals surface area (Å²) in [5.41, 5.74) is -0.435. The number of nitrogens with zero attached hydrogens (tertiary/aromatic N) is 2. The number of aliphatic carboxylic acids is 1. The monoisotopic (exact) mass is 254 g/mol. The van der Waals surface area contributed by atoms with Gasteiger partial charge in [-0.25, -0.2) is 0 Å². The number of rotatable bonds is 4. The Bertz CT molecular complexity index is 298. The molecule has 0 saturated carbocycles. The highest BCUT2D eigenvalue weighted by Crippen LogP contribution is 2.37. The summed E-state index contributed by atoms with van der Waals surface area (Å²) in [5, 5.41) is 9.49. The van der Waals surface area contributed by atoms with Crippen molar-refractivity contribution in [3.63, 3.8) is 0 Å². The van der Waals surface area contributed by atoms with Gasteiger partial charge in [0.15, 0.2) is 0 Å². The summed E-state index contributed by atoms with van der Waals surface area (Å²) in [6, 6.07) is 0.656. The molecular weight excluding hydrogens is 228 g/mol. The van der Waals surface area contributed by atoms with E-state index in [1.54, 1.807) is 0 Å². The van der Waals surface area contributed by atoms with E-state index in [9.17, 15) is 9.90 Å². The van der Waals surface area contributed by atoms with Gasteiger partial charge in [0.1, 0.15) is 0 Å². The minimum absolute atomic E-state index is 0.435. The van der Waals surface area contributed by atoms with Crippen LogP contribution in [-0.4, -0.2) is 60.1 Å². The fraction of sp³-hybridized carbons (Fsp3) is 0.929. The van der Waals surface area contributed by atoms with Crippen molar-refractivity contribution in [2.75, 3.05) is 33.2 Å². The van der Waals surface area contributed by atoms with Crippen LogP contribution in [0, 0.1) is 5.41 Å². The molecule has 18 heavy (non-hydrogen) atoms. The lowest BCUT2D eigenvalue weighted by Crippen LogP contribution is -2.48. The number of hydrogen-bond acceptors (Lipinski definition) is 3. The number of likely N-dealkylation sites (N-methyl/N-ethyl adjacent to an activating group) is 1. The lowest BCUT2D eigenvalue weighted by Gasteiger charge is -2.41. The highest BCUT2D eigenvalue weighted by molar-refractivity contribution is 5.74. The number of hydrogen-bond donors (Lipinski definition) is 1. The Balaban J connectivity index is 1.92. The van der Waals surface area contributed by atoms with Crippen LogP contribution < -0.4 is 0 Å². The molecular formula is C14H26N2O2. The predicted molar refractivity (Wildman–Crippen MR) is 71.7 cm³/mol. The summed E-state index contributed by atoms with van der Waals surface area (Å²) in [4.78, 5) is 16.4. The Morgan fingerprint density at radius 3 is 2.44 bits per heavy atom.